The Hall–Kier alpha value is -1.95. The van der Waals surface area contributed by atoms with Gasteiger partial charge in [0.15, 0.2) is 0 Å². The summed E-state index contributed by atoms with van der Waals surface area (Å²) in [4.78, 5) is 20.4. The number of carbonyl (C=O) groups is 1. The van der Waals surface area contributed by atoms with Crippen molar-refractivity contribution in [2.75, 3.05) is 12.4 Å². The van der Waals surface area contributed by atoms with Crippen LogP contribution in [-0.4, -0.2) is 23.0 Å². The van der Waals surface area contributed by atoms with E-state index in [1.54, 1.807) is 30.5 Å². The predicted octanol–water partition coefficient (Wildman–Crippen LogP) is 2.81. The maximum atomic E-state index is 12.2. The normalized spacial score (nSPS) is 10.1. The molecule has 19 heavy (non-hydrogen) atoms. The largest absolute Gasteiger partial charge is 0.480 e. The van der Waals surface area contributed by atoms with Gasteiger partial charge in [0.05, 0.1) is 18.5 Å². The molecule has 0 aliphatic rings. The van der Waals surface area contributed by atoms with Gasteiger partial charge in [0.2, 0.25) is 5.88 Å². The number of ether oxygens (including phenoxy) is 1. The molecule has 1 N–H and O–H groups in total. The Morgan fingerprint density at radius 3 is 2.84 bits per heavy atom. The maximum absolute atomic E-state index is 12.2. The number of carbonyl (C=O) groups excluding carboxylic acids is 1. The molecule has 1 amide bonds. The van der Waals surface area contributed by atoms with Gasteiger partial charge < -0.3 is 10.1 Å². The first-order valence-corrected chi connectivity index (χ1v) is 6.34. The van der Waals surface area contributed by atoms with Crippen LogP contribution in [0.3, 0.4) is 0 Å². The third kappa shape index (κ3) is 3.08. The molecule has 2 heterocycles. The molecule has 0 aromatic carbocycles. The number of pyridine rings is 2. The fourth-order valence-corrected chi connectivity index (χ4v) is 1.98. The molecule has 98 valence electrons. The number of nitrogens with one attached hydrogen (secondary N) is 1. The molecule has 2 aromatic heterocycles. The predicted molar refractivity (Wildman–Crippen MR) is 75.4 cm³/mol. The summed E-state index contributed by atoms with van der Waals surface area (Å²) >= 11 is 3.28. The van der Waals surface area contributed by atoms with E-state index in [0.29, 0.717) is 17.1 Å². The van der Waals surface area contributed by atoms with Crippen LogP contribution in [0.4, 0.5) is 5.69 Å². The number of aromatic nitrogens is 2. The Morgan fingerprint density at radius 1 is 1.37 bits per heavy atom. The van der Waals surface area contributed by atoms with Gasteiger partial charge >= 0.3 is 0 Å². The summed E-state index contributed by atoms with van der Waals surface area (Å²) in [5.74, 6) is 0.0138. The fraction of sp³-hybridized carbons (Fsp3) is 0.154. The Kier molecular flexibility index (Phi) is 4.11. The number of nitrogens with zero attached hydrogens (tertiary/aromatic N) is 2. The van der Waals surface area contributed by atoms with E-state index in [4.69, 9.17) is 4.74 Å². The van der Waals surface area contributed by atoms with Crippen LogP contribution in [0, 0.1) is 6.92 Å². The second-order valence-corrected chi connectivity index (χ2v) is 4.59. The van der Waals surface area contributed by atoms with Crippen molar-refractivity contribution in [2.24, 2.45) is 0 Å². The molecule has 0 aliphatic heterocycles. The molecular weight excluding hydrogens is 310 g/mol. The highest BCUT2D eigenvalue weighted by Gasteiger charge is 2.14. The smallest absolute Gasteiger partial charge is 0.261 e. The highest BCUT2D eigenvalue weighted by Crippen LogP contribution is 2.19. The summed E-state index contributed by atoms with van der Waals surface area (Å²) in [6, 6.07) is 6.89. The van der Waals surface area contributed by atoms with E-state index in [9.17, 15) is 4.79 Å². The second kappa shape index (κ2) is 5.79. The van der Waals surface area contributed by atoms with Gasteiger partial charge in [-0.15, -0.1) is 0 Å². The topological polar surface area (TPSA) is 64.1 Å². The van der Waals surface area contributed by atoms with Crippen LogP contribution in [0.25, 0.3) is 0 Å². The average molecular weight is 322 g/mol. The van der Waals surface area contributed by atoms with Gasteiger partial charge in [-0.1, -0.05) is 0 Å². The van der Waals surface area contributed by atoms with E-state index < -0.39 is 0 Å². The lowest BCUT2D eigenvalue weighted by Crippen LogP contribution is -2.14. The van der Waals surface area contributed by atoms with E-state index in [-0.39, 0.29) is 5.91 Å². The zero-order valence-corrected chi connectivity index (χ0v) is 12.1. The van der Waals surface area contributed by atoms with Gasteiger partial charge in [0.25, 0.3) is 5.91 Å². The fourth-order valence-electron chi connectivity index (χ4n) is 1.58. The zero-order chi connectivity index (χ0) is 13.8. The lowest BCUT2D eigenvalue weighted by atomic mass is 10.2. The number of aryl methyl sites for hydroxylation is 1. The van der Waals surface area contributed by atoms with Crippen LogP contribution >= 0.6 is 15.9 Å². The van der Waals surface area contributed by atoms with Crippen LogP contribution < -0.4 is 10.1 Å². The van der Waals surface area contributed by atoms with Crippen molar-refractivity contribution in [1.82, 2.24) is 9.97 Å². The first-order valence-electron chi connectivity index (χ1n) is 5.55. The molecule has 2 aromatic rings. The minimum absolute atomic E-state index is 0.280. The van der Waals surface area contributed by atoms with E-state index in [1.165, 1.54) is 7.11 Å². The van der Waals surface area contributed by atoms with Gasteiger partial charge in [-0.05, 0) is 47.1 Å². The molecule has 0 atom stereocenters. The molecule has 0 unspecified atom stereocenters. The Bertz CT molecular complexity index is 617. The SMILES string of the molecule is COc1ncccc1C(=O)Nc1ccc(Br)nc1C. The van der Waals surface area contributed by atoms with Gasteiger partial charge in [-0.25, -0.2) is 9.97 Å². The van der Waals surface area contributed by atoms with Crippen molar-refractivity contribution < 1.29 is 9.53 Å². The van der Waals surface area contributed by atoms with Crippen LogP contribution in [0.1, 0.15) is 16.1 Å². The summed E-state index contributed by atoms with van der Waals surface area (Å²) in [6.45, 7) is 1.82. The number of hydrogen-bond acceptors (Lipinski definition) is 4. The molecule has 0 saturated carbocycles. The summed E-state index contributed by atoms with van der Waals surface area (Å²) < 4.78 is 5.78. The quantitative estimate of drug-likeness (QED) is 0.883. The van der Waals surface area contributed by atoms with Gasteiger partial charge in [-0.2, -0.15) is 0 Å². The van der Waals surface area contributed by atoms with E-state index in [2.05, 4.69) is 31.2 Å². The average Bonchev–Trinajstić information content (AvgIpc) is 2.41. The van der Waals surface area contributed by atoms with Crippen molar-refractivity contribution in [3.8, 4) is 5.88 Å². The number of hydrogen-bond donors (Lipinski definition) is 1. The van der Waals surface area contributed by atoms with Crippen LogP contribution in [0.5, 0.6) is 5.88 Å². The summed E-state index contributed by atoms with van der Waals surface area (Å²) in [6.07, 6.45) is 1.57. The zero-order valence-electron chi connectivity index (χ0n) is 10.5. The van der Waals surface area contributed by atoms with E-state index in [0.717, 1.165) is 10.3 Å². The summed E-state index contributed by atoms with van der Waals surface area (Å²) in [5.41, 5.74) is 1.76. The lowest BCUT2D eigenvalue weighted by molar-refractivity contribution is 0.102. The summed E-state index contributed by atoms with van der Waals surface area (Å²) in [7, 11) is 1.48. The highest BCUT2D eigenvalue weighted by atomic mass is 79.9. The number of rotatable bonds is 3. The molecule has 6 heteroatoms. The van der Waals surface area contributed by atoms with Crippen LogP contribution in [-0.2, 0) is 0 Å². The van der Waals surface area contributed by atoms with Crippen molar-refractivity contribution in [3.05, 3.63) is 46.3 Å². The Morgan fingerprint density at radius 2 is 2.16 bits per heavy atom. The Balaban J connectivity index is 2.26. The summed E-state index contributed by atoms with van der Waals surface area (Å²) in [5, 5.41) is 2.79. The molecule has 0 fully saturated rings. The van der Waals surface area contributed by atoms with Crippen LogP contribution in [0.15, 0.2) is 35.1 Å². The van der Waals surface area contributed by atoms with Crippen molar-refractivity contribution in [3.63, 3.8) is 0 Å². The number of anilines is 1. The molecule has 5 nitrogen and oxygen atoms in total. The maximum Gasteiger partial charge on any atom is 0.261 e. The third-order valence-corrected chi connectivity index (χ3v) is 2.95. The molecule has 0 aliphatic carbocycles. The third-order valence-electron chi connectivity index (χ3n) is 2.51. The van der Waals surface area contributed by atoms with Gasteiger partial charge in [0, 0.05) is 6.20 Å². The van der Waals surface area contributed by atoms with E-state index in [1.807, 2.05) is 6.92 Å². The second-order valence-electron chi connectivity index (χ2n) is 3.78. The number of amides is 1. The van der Waals surface area contributed by atoms with Crippen molar-refractivity contribution >= 4 is 27.5 Å². The van der Waals surface area contributed by atoms with Gasteiger partial charge in [0.1, 0.15) is 10.2 Å². The highest BCUT2D eigenvalue weighted by molar-refractivity contribution is 9.10. The Labute approximate surface area is 119 Å². The molecular formula is C13H12BrN3O2. The first kappa shape index (κ1) is 13.5. The van der Waals surface area contributed by atoms with Crippen molar-refractivity contribution in [2.45, 2.75) is 6.92 Å². The number of halogens is 1. The minimum Gasteiger partial charge on any atom is -0.480 e. The molecule has 0 saturated heterocycles. The van der Waals surface area contributed by atoms with E-state index >= 15 is 0 Å². The monoisotopic (exact) mass is 321 g/mol. The minimum atomic E-state index is -0.280. The molecule has 2 rings (SSSR count). The molecule has 0 bridgehead atoms. The van der Waals surface area contributed by atoms with Crippen LogP contribution in [0.2, 0.25) is 0 Å². The lowest BCUT2D eigenvalue weighted by Gasteiger charge is -2.09. The van der Waals surface area contributed by atoms with Crippen molar-refractivity contribution in [1.29, 1.82) is 0 Å². The molecule has 0 radical (unpaired) electrons. The number of methoxy groups -OCH3 is 1. The molecule has 0 spiro atoms. The van der Waals surface area contributed by atoms with Gasteiger partial charge in [-0.3, -0.25) is 4.79 Å². The standard InChI is InChI=1S/C13H12BrN3O2/c1-8-10(5-6-11(14)16-8)17-12(18)9-4-3-7-15-13(9)19-2/h3-7H,1-2H3,(H,17,18). The first-order chi connectivity index (χ1) is 9.11.